The van der Waals surface area contributed by atoms with Crippen LogP contribution in [0.25, 0.3) is 0 Å². The van der Waals surface area contributed by atoms with Gasteiger partial charge in [-0.15, -0.1) is 0 Å². The fraction of sp³-hybridized carbons (Fsp3) is 0.0909. The summed E-state index contributed by atoms with van der Waals surface area (Å²) < 4.78 is 0.581. The van der Waals surface area contributed by atoms with Gasteiger partial charge in [0.1, 0.15) is 22.4 Å². The molecule has 1 aromatic carbocycles. The molecule has 0 saturated carbocycles. The van der Waals surface area contributed by atoms with Crippen molar-refractivity contribution < 1.29 is 0 Å². The Morgan fingerprint density at radius 2 is 1.94 bits per heavy atom. The minimum atomic E-state index is 0.349. The van der Waals surface area contributed by atoms with Crippen LogP contribution >= 0.6 is 39.1 Å². The molecule has 0 spiro atoms. The Morgan fingerprint density at radius 1 is 1.22 bits per heavy atom. The molecule has 0 saturated heterocycles. The highest BCUT2D eigenvalue weighted by atomic mass is 79.9. The molecule has 7 heteroatoms. The highest BCUT2D eigenvalue weighted by molar-refractivity contribution is 9.10. The van der Waals surface area contributed by atoms with Gasteiger partial charge in [-0.25, -0.2) is 9.97 Å². The Labute approximate surface area is 123 Å². The second-order valence-electron chi connectivity index (χ2n) is 3.63. The van der Waals surface area contributed by atoms with Crippen LogP contribution in [0.15, 0.2) is 22.9 Å². The summed E-state index contributed by atoms with van der Waals surface area (Å²) in [5, 5.41) is 4.24. The van der Waals surface area contributed by atoms with Gasteiger partial charge in [-0.05, 0) is 40.5 Å². The maximum absolute atomic E-state index is 6.13. The van der Waals surface area contributed by atoms with E-state index in [4.69, 9.17) is 28.9 Å². The van der Waals surface area contributed by atoms with Gasteiger partial charge >= 0.3 is 0 Å². The Morgan fingerprint density at radius 3 is 2.67 bits per heavy atom. The van der Waals surface area contributed by atoms with E-state index in [0.717, 1.165) is 5.56 Å². The third-order valence-corrected chi connectivity index (χ3v) is 3.82. The topological polar surface area (TPSA) is 63.8 Å². The summed E-state index contributed by atoms with van der Waals surface area (Å²) >= 11 is 15.5. The Bertz CT molecular complexity index is 604. The van der Waals surface area contributed by atoms with Gasteiger partial charge in [0.2, 0.25) is 0 Å². The molecule has 0 aliphatic rings. The number of nitrogens with zero attached hydrogens (tertiary/aromatic N) is 2. The van der Waals surface area contributed by atoms with Crippen LogP contribution in [0.1, 0.15) is 5.56 Å². The lowest BCUT2D eigenvalue weighted by Crippen LogP contribution is -2.00. The first-order valence-corrected chi connectivity index (χ1v) is 6.52. The average molecular weight is 348 g/mol. The molecule has 3 N–H and O–H groups in total. The van der Waals surface area contributed by atoms with Crippen molar-refractivity contribution in [2.45, 2.75) is 6.92 Å². The molecule has 0 bridgehead atoms. The second kappa shape index (κ2) is 5.30. The van der Waals surface area contributed by atoms with E-state index < -0.39 is 0 Å². The molecule has 18 heavy (non-hydrogen) atoms. The van der Waals surface area contributed by atoms with E-state index in [0.29, 0.717) is 31.8 Å². The van der Waals surface area contributed by atoms with Crippen molar-refractivity contribution in [2.24, 2.45) is 0 Å². The number of nitrogens with two attached hydrogens (primary N) is 1. The monoisotopic (exact) mass is 346 g/mol. The number of hydrogen-bond acceptors (Lipinski definition) is 4. The van der Waals surface area contributed by atoms with E-state index in [1.807, 2.05) is 6.92 Å². The predicted molar refractivity (Wildman–Crippen MR) is 78.6 cm³/mol. The van der Waals surface area contributed by atoms with Gasteiger partial charge in [-0.3, -0.25) is 0 Å². The zero-order valence-electron chi connectivity index (χ0n) is 9.34. The first-order valence-electron chi connectivity index (χ1n) is 4.97. The standard InChI is InChI=1S/C11H9BrCl2N4/c1-5-2-7(14)8(3-6(5)13)18-11-9(12)10(15)16-4-17-11/h2-4H,1H3,(H3,15,16,17,18). The molecule has 0 radical (unpaired) electrons. The van der Waals surface area contributed by atoms with E-state index in [9.17, 15) is 0 Å². The van der Waals surface area contributed by atoms with Crippen molar-refractivity contribution in [3.05, 3.63) is 38.5 Å². The lowest BCUT2D eigenvalue weighted by Gasteiger charge is -2.11. The van der Waals surface area contributed by atoms with E-state index in [1.54, 1.807) is 12.1 Å². The van der Waals surface area contributed by atoms with Crippen LogP contribution in [-0.2, 0) is 0 Å². The second-order valence-corrected chi connectivity index (χ2v) is 5.24. The van der Waals surface area contributed by atoms with E-state index in [2.05, 4.69) is 31.2 Å². The Hall–Kier alpha value is -1.04. The van der Waals surface area contributed by atoms with Crippen LogP contribution in [0.3, 0.4) is 0 Å². The van der Waals surface area contributed by atoms with Gasteiger partial charge in [0, 0.05) is 5.02 Å². The van der Waals surface area contributed by atoms with E-state index in [1.165, 1.54) is 6.33 Å². The van der Waals surface area contributed by atoms with Crippen molar-refractivity contribution in [3.63, 3.8) is 0 Å². The lowest BCUT2D eigenvalue weighted by atomic mass is 10.2. The van der Waals surface area contributed by atoms with Gasteiger partial charge in [-0.1, -0.05) is 23.2 Å². The largest absolute Gasteiger partial charge is 0.383 e. The molecule has 0 aliphatic carbocycles. The van der Waals surface area contributed by atoms with Crippen molar-refractivity contribution in [1.82, 2.24) is 9.97 Å². The number of nitrogen functional groups attached to an aromatic ring is 1. The molecule has 0 fully saturated rings. The average Bonchev–Trinajstić information content (AvgIpc) is 2.32. The summed E-state index contributed by atoms with van der Waals surface area (Å²) in [6.45, 7) is 1.89. The molecule has 0 atom stereocenters. The summed E-state index contributed by atoms with van der Waals surface area (Å²) in [4.78, 5) is 7.93. The summed E-state index contributed by atoms with van der Waals surface area (Å²) in [6, 6.07) is 3.52. The van der Waals surface area contributed by atoms with Crippen LogP contribution < -0.4 is 11.1 Å². The van der Waals surface area contributed by atoms with Crippen molar-refractivity contribution in [3.8, 4) is 0 Å². The molecule has 2 aromatic rings. The normalized spacial score (nSPS) is 10.4. The summed E-state index contributed by atoms with van der Waals surface area (Å²) in [5.41, 5.74) is 7.24. The smallest absolute Gasteiger partial charge is 0.150 e. The summed E-state index contributed by atoms with van der Waals surface area (Å²) in [5.74, 6) is 0.881. The number of aryl methyl sites for hydroxylation is 1. The fourth-order valence-corrected chi connectivity index (χ4v) is 2.07. The zero-order valence-corrected chi connectivity index (χ0v) is 12.4. The van der Waals surface area contributed by atoms with Crippen LogP contribution in [0.2, 0.25) is 10.0 Å². The van der Waals surface area contributed by atoms with Crippen LogP contribution in [-0.4, -0.2) is 9.97 Å². The number of hydrogen-bond donors (Lipinski definition) is 2. The van der Waals surface area contributed by atoms with Gasteiger partial charge in [0.25, 0.3) is 0 Å². The van der Waals surface area contributed by atoms with Gasteiger partial charge in [0.05, 0.1) is 10.7 Å². The van der Waals surface area contributed by atoms with Crippen molar-refractivity contribution in [2.75, 3.05) is 11.1 Å². The van der Waals surface area contributed by atoms with Crippen molar-refractivity contribution in [1.29, 1.82) is 0 Å². The molecule has 1 aromatic heterocycles. The van der Waals surface area contributed by atoms with Crippen molar-refractivity contribution >= 4 is 56.5 Å². The summed E-state index contributed by atoms with van der Waals surface area (Å²) in [7, 11) is 0. The third kappa shape index (κ3) is 2.68. The fourth-order valence-electron chi connectivity index (χ4n) is 1.34. The van der Waals surface area contributed by atoms with Crippen LogP contribution in [0, 0.1) is 6.92 Å². The quantitative estimate of drug-likeness (QED) is 0.855. The number of benzene rings is 1. The van der Waals surface area contributed by atoms with Gasteiger partial charge in [-0.2, -0.15) is 0 Å². The lowest BCUT2D eigenvalue weighted by molar-refractivity contribution is 1.16. The highest BCUT2D eigenvalue weighted by Gasteiger charge is 2.09. The molecular weight excluding hydrogens is 339 g/mol. The molecule has 0 amide bonds. The minimum absolute atomic E-state index is 0.349. The van der Waals surface area contributed by atoms with Gasteiger partial charge < -0.3 is 11.1 Å². The number of anilines is 3. The number of aromatic nitrogens is 2. The maximum Gasteiger partial charge on any atom is 0.150 e. The first-order chi connectivity index (χ1) is 8.49. The third-order valence-electron chi connectivity index (χ3n) is 2.32. The van der Waals surface area contributed by atoms with E-state index in [-0.39, 0.29) is 0 Å². The minimum Gasteiger partial charge on any atom is -0.383 e. The number of halogens is 3. The molecule has 94 valence electrons. The molecule has 0 unspecified atom stereocenters. The highest BCUT2D eigenvalue weighted by Crippen LogP contribution is 2.33. The SMILES string of the molecule is Cc1cc(Cl)c(Nc2ncnc(N)c2Br)cc1Cl. The molecule has 4 nitrogen and oxygen atoms in total. The zero-order chi connectivity index (χ0) is 13.3. The molecule has 1 heterocycles. The predicted octanol–water partition coefficient (Wildman–Crippen LogP) is 4.18. The first kappa shape index (κ1) is 13.4. The van der Waals surface area contributed by atoms with Crippen LogP contribution in [0.4, 0.5) is 17.3 Å². The Balaban J connectivity index is 2.40. The van der Waals surface area contributed by atoms with Crippen LogP contribution in [0.5, 0.6) is 0 Å². The maximum atomic E-state index is 6.13. The molecule has 2 rings (SSSR count). The molecule has 0 aliphatic heterocycles. The summed E-state index contributed by atoms with van der Waals surface area (Å²) in [6.07, 6.45) is 1.37. The van der Waals surface area contributed by atoms with E-state index >= 15 is 0 Å². The Kier molecular flexibility index (Phi) is 3.94. The van der Waals surface area contributed by atoms with Gasteiger partial charge in [0.15, 0.2) is 0 Å². The number of rotatable bonds is 2. The number of nitrogens with one attached hydrogen (secondary N) is 1. The molecular formula is C11H9BrCl2N4.